The summed E-state index contributed by atoms with van der Waals surface area (Å²) in [5.74, 6) is 0.887. The van der Waals surface area contributed by atoms with Crippen molar-refractivity contribution in [1.82, 2.24) is 4.90 Å². The van der Waals surface area contributed by atoms with Crippen LogP contribution in [0.4, 0.5) is 18.9 Å². The summed E-state index contributed by atoms with van der Waals surface area (Å²) in [4.78, 5) is 16.2. The molecule has 0 unspecified atom stereocenters. The molecular formula is C20H27F3N2O. The fourth-order valence-corrected chi connectivity index (χ4v) is 4.05. The van der Waals surface area contributed by atoms with E-state index in [4.69, 9.17) is 0 Å². The Morgan fingerprint density at radius 2 is 1.73 bits per heavy atom. The van der Waals surface area contributed by atoms with Gasteiger partial charge in [-0.3, -0.25) is 4.79 Å². The number of carbonyl (C=O) groups is 1. The Labute approximate surface area is 153 Å². The van der Waals surface area contributed by atoms with Crippen LogP contribution in [0, 0.1) is 5.92 Å². The van der Waals surface area contributed by atoms with Crippen LogP contribution in [0.2, 0.25) is 0 Å². The van der Waals surface area contributed by atoms with Gasteiger partial charge in [0.1, 0.15) is 0 Å². The van der Waals surface area contributed by atoms with Gasteiger partial charge in [-0.15, -0.1) is 0 Å². The van der Waals surface area contributed by atoms with E-state index >= 15 is 0 Å². The van der Waals surface area contributed by atoms with Crippen LogP contribution in [-0.4, -0.2) is 37.0 Å². The van der Waals surface area contributed by atoms with Gasteiger partial charge in [-0.2, -0.15) is 13.2 Å². The van der Waals surface area contributed by atoms with Crippen molar-refractivity contribution in [3.05, 3.63) is 29.8 Å². The SMILES string of the molecule is O=C(CCC1CCCCC1)N1CCN(c2cccc(C(F)(F)F)c2)CC1. The fraction of sp³-hybridized carbons (Fsp3) is 0.650. The lowest BCUT2D eigenvalue weighted by Crippen LogP contribution is -2.48. The zero-order valence-electron chi connectivity index (χ0n) is 15.1. The quantitative estimate of drug-likeness (QED) is 0.768. The zero-order chi connectivity index (χ0) is 18.6. The van der Waals surface area contributed by atoms with Gasteiger partial charge in [0.25, 0.3) is 0 Å². The van der Waals surface area contributed by atoms with Crippen LogP contribution in [0.3, 0.4) is 0 Å². The second kappa shape index (κ2) is 8.31. The molecule has 0 bridgehead atoms. The van der Waals surface area contributed by atoms with Gasteiger partial charge in [0.2, 0.25) is 5.91 Å². The highest BCUT2D eigenvalue weighted by atomic mass is 19.4. The summed E-state index contributed by atoms with van der Waals surface area (Å²) >= 11 is 0. The molecule has 6 heteroatoms. The third-order valence-corrected chi connectivity index (χ3v) is 5.66. The average molecular weight is 368 g/mol. The van der Waals surface area contributed by atoms with Crippen molar-refractivity contribution in [3.63, 3.8) is 0 Å². The molecule has 1 aromatic carbocycles. The standard InChI is InChI=1S/C20H27F3N2O/c21-20(22,23)17-7-4-8-18(15-17)24-11-13-25(14-12-24)19(26)10-9-16-5-2-1-3-6-16/h4,7-8,15-16H,1-3,5-6,9-14H2. The van der Waals surface area contributed by atoms with E-state index in [1.165, 1.54) is 44.2 Å². The first-order valence-corrected chi connectivity index (χ1v) is 9.63. The Morgan fingerprint density at radius 3 is 2.38 bits per heavy atom. The lowest BCUT2D eigenvalue weighted by molar-refractivity contribution is -0.137. The van der Waals surface area contributed by atoms with Crippen molar-refractivity contribution >= 4 is 11.6 Å². The molecule has 26 heavy (non-hydrogen) atoms. The predicted molar refractivity (Wildman–Crippen MR) is 96.0 cm³/mol. The molecule has 1 aromatic rings. The summed E-state index contributed by atoms with van der Waals surface area (Å²) < 4.78 is 38.6. The van der Waals surface area contributed by atoms with Crippen LogP contribution in [-0.2, 0) is 11.0 Å². The highest BCUT2D eigenvalue weighted by Crippen LogP contribution is 2.32. The van der Waals surface area contributed by atoms with E-state index in [9.17, 15) is 18.0 Å². The summed E-state index contributed by atoms with van der Waals surface area (Å²) in [6.07, 6.45) is 3.64. The fourth-order valence-electron chi connectivity index (χ4n) is 4.05. The molecule has 1 aliphatic heterocycles. The normalized spacial score (nSPS) is 19.7. The van der Waals surface area contributed by atoms with Crippen LogP contribution >= 0.6 is 0 Å². The molecule has 3 rings (SSSR count). The molecule has 1 saturated carbocycles. The van der Waals surface area contributed by atoms with Crippen LogP contribution in [0.5, 0.6) is 0 Å². The second-order valence-corrected chi connectivity index (χ2v) is 7.46. The molecular weight excluding hydrogens is 341 g/mol. The number of rotatable bonds is 4. The largest absolute Gasteiger partial charge is 0.416 e. The minimum atomic E-state index is -4.33. The average Bonchev–Trinajstić information content (AvgIpc) is 2.66. The van der Waals surface area contributed by atoms with Gasteiger partial charge in [-0.1, -0.05) is 38.2 Å². The number of anilines is 1. The molecule has 0 atom stereocenters. The van der Waals surface area contributed by atoms with Crippen molar-refractivity contribution in [2.45, 2.75) is 51.1 Å². The van der Waals surface area contributed by atoms with Gasteiger partial charge in [0, 0.05) is 38.3 Å². The zero-order valence-corrected chi connectivity index (χ0v) is 15.1. The van der Waals surface area contributed by atoms with Gasteiger partial charge in [0.15, 0.2) is 0 Å². The summed E-state index contributed by atoms with van der Waals surface area (Å²) in [6, 6.07) is 5.44. The number of nitrogens with zero attached hydrogens (tertiary/aromatic N) is 2. The molecule has 0 N–H and O–H groups in total. The molecule has 1 saturated heterocycles. The van der Waals surface area contributed by atoms with Gasteiger partial charge < -0.3 is 9.80 Å². The smallest absolute Gasteiger partial charge is 0.368 e. The Balaban J connectivity index is 1.48. The van der Waals surface area contributed by atoms with Gasteiger partial charge in [-0.25, -0.2) is 0 Å². The van der Waals surface area contributed by atoms with E-state index in [1.807, 2.05) is 9.80 Å². The number of piperazine rings is 1. The van der Waals surface area contributed by atoms with Crippen LogP contribution < -0.4 is 4.90 Å². The van der Waals surface area contributed by atoms with Crippen LogP contribution in [0.1, 0.15) is 50.5 Å². The third kappa shape index (κ3) is 4.92. The minimum Gasteiger partial charge on any atom is -0.368 e. The number of benzene rings is 1. The van der Waals surface area contributed by atoms with Crippen molar-refractivity contribution in [3.8, 4) is 0 Å². The Kier molecular flexibility index (Phi) is 6.09. The highest BCUT2D eigenvalue weighted by molar-refractivity contribution is 5.76. The summed E-state index contributed by atoms with van der Waals surface area (Å²) in [7, 11) is 0. The molecule has 0 aromatic heterocycles. The molecule has 144 valence electrons. The summed E-state index contributed by atoms with van der Waals surface area (Å²) in [5.41, 5.74) is -0.0462. The maximum absolute atomic E-state index is 12.9. The van der Waals surface area contributed by atoms with E-state index < -0.39 is 11.7 Å². The van der Waals surface area contributed by atoms with Crippen LogP contribution in [0.15, 0.2) is 24.3 Å². The monoisotopic (exact) mass is 368 g/mol. The number of alkyl halides is 3. The summed E-state index contributed by atoms with van der Waals surface area (Å²) in [6.45, 7) is 2.33. The van der Waals surface area contributed by atoms with Crippen molar-refractivity contribution < 1.29 is 18.0 Å². The topological polar surface area (TPSA) is 23.6 Å². The van der Waals surface area contributed by atoms with Crippen molar-refractivity contribution in [2.75, 3.05) is 31.1 Å². The molecule has 2 fully saturated rings. The molecule has 1 amide bonds. The van der Waals surface area contributed by atoms with Gasteiger partial charge >= 0.3 is 6.18 Å². The number of carbonyl (C=O) groups excluding carboxylic acids is 1. The van der Waals surface area contributed by atoms with E-state index in [2.05, 4.69) is 0 Å². The first-order valence-electron chi connectivity index (χ1n) is 9.63. The van der Waals surface area contributed by atoms with Gasteiger partial charge in [0.05, 0.1) is 5.56 Å². The maximum Gasteiger partial charge on any atom is 0.416 e. The predicted octanol–water partition coefficient (Wildman–Crippen LogP) is 4.71. The maximum atomic E-state index is 12.9. The Hall–Kier alpha value is -1.72. The summed E-state index contributed by atoms with van der Waals surface area (Å²) in [5, 5.41) is 0. The molecule has 1 aliphatic carbocycles. The van der Waals surface area contributed by atoms with Crippen molar-refractivity contribution in [2.24, 2.45) is 5.92 Å². The van der Waals surface area contributed by atoms with E-state index in [-0.39, 0.29) is 5.91 Å². The third-order valence-electron chi connectivity index (χ3n) is 5.66. The first-order chi connectivity index (χ1) is 12.4. The molecule has 3 nitrogen and oxygen atoms in total. The second-order valence-electron chi connectivity index (χ2n) is 7.46. The van der Waals surface area contributed by atoms with Crippen molar-refractivity contribution in [1.29, 1.82) is 0 Å². The molecule has 0 radical (unpaired) electrons. The van der Waals surface area contributed by atoms with E-state index in [0.717, 1.165) is 12.5 Å². The molecule has 2 aliphatic rings. The lowest BCUT2D eigenvalue weighted by atomic mass is 9.86. The molecule has 0 spiro atoms. The Morgan fingerprint density at radius 1 is 1.04 bits per heavy atom. The first kappa shape index (κ1) is 19.1. The van der Waals surface area contributed by atoms with Crippen LogP contribution in [0.25, 0.3) is 0 Å². The lowest BCUT2D eigenvalue weighted by Gasteiger charge is -2.36. The number of hydrogen-bond acceptors (Lipinski definition) is 2. The van der Waals surface area contributed by atoms with Gasteiger partial charge in [-0.05, 0) is 30.5 Å². The minimum absolute atomic E-state index is 0.194. The molecule has 1 heterocycles. The van der Waals surface area contributed by atoms with E-state index in [0.29, 0.717) is 44.2 Å². The highest BCUT2D eigenvalue weighted by Gasteiger charge is 2.31. The van der Waals surface area contributed by atoms with E-state index in [1.54, 1.807) is 6.07 Å². The number of hydrogen-bond donors (Lipinski definition) is 0. The number of halogens is 3. The Bertz CT molecular complexity index is 603. The number of amides is 1.